The fraction of sp³-hybridized carbons (Fsp3) is 0.500. The van der Waals surface area contributed by atoms with Crippen LogP contribution in [0.5, 0.6) is 0 Å². The van der Waals surface area contributed by atoms with Crippen molar-refractivity contribution in [3.05, 3.63) is 0 Å². The summed E-state index contributed by atoms with van der Waals surface area (Å²) in [6, 6.07) is 0. The van der Waals surface area contributed by atoms with Crippen molar-refractivity contribution in [3.63, 3.8) is 0 Å². The van der Waals surface area contributed by atoms with Crippen LogP contribution in [-0.2, 0) is 13.7 Å². The third kappa shape index (κ3) is 1.22. The molecule has 0 amide bonds. The highest BCUT2D eigenvalue weighted by atomic mass is 31.1. The van der Waals surface area contributed by atoms with E-state index in [1.54, 1.807) is 0 Å². The van der Waals surface area contributed by atoms with Gasteiger partial charge in [0.1, 0.15) is 6.61 Å². The first kappa shape index (κ1) is 4.68. The lowest BCUT2D eigenvalue weighted by atomic mass is 10.8. The van der Waals surface area contributed by atoms with Gasteiger partial charge in [0.2, 0.25) is 0 Å². The summed E-state index contributed by atoms with van der Waals surface area (Å²) in [6.07, 6.45) is 1.40. The van der Waals surface area contributed by atoms with E-state index in [1.807, 2.05) is 0 Å². The Kier molecular flexibility index (Phi) is 1.34. The van der Waals surface area contributed by atoms with E-state index in [2.05, 4.69) is 14.3 Å². The van der Waals surface area contributed by atoms with Crippen molar-refractivity contribution in [1.82, 2.24) is 0 Å². The average Bonchev–Trinajstić information content (AvgIpc) is 1.69. The summed E-state index contributed by atoms with van der Waals surface area (Å²) in [4.78, 5) is 0. The van der Waals surface area contributed by atoms with Crippen LogP contribution in [0.15, 0.2) is 5.16 Å². The van der Waals surface area contributed by atoms with Gasteiger partial charge >= 0.3 is 8.25 Å². The zero-order valence-corrected chi connectivity index (χ0v) is 4.30. The van der Waals surface area contributed by atoms with E-state index in [1.165, 1.54) is 6.21 Å². The molecule has 1 atom stereocenters. The lowest BCUT2D eigenvalue weighted by Crippen LogP contribution is -1.92. The summed E-state index contributed by atoms with van der Waals surface area (Å²) in [6.45, 7) is 0.287. The second-order valence-electron chi connectivity index (χ2n) is 0.889. The van der Waals surface area contributed by atoms with E-state index in [-0.39, 0.29) is 6.61 Å². The molecule has 0 aromatic rings. The van der Waals surface area contributed by atoms with Gasteiger partial charge in [0.05, 0.1) is 6.21 Å². The Morgan fingerprint density at radius 1 is 1.86 bits per heavy atom. The van der Waals surface area contributed by atoms with Crippen LogP contribution in [0.1, 0.15) is 0 Å². The van der Waals surface area contributed by atoms with Crippen LogP contribution in [0, 0.1) is 0 Å². The van der Waals surface area contributed by atoms with Crippen molar-refractivity contribution in [3.8, 4) is 0 Å². The first-order valence-electron chi connectivity index (χ1n) is 1.69. The van der Waals surface area contributed by atoms with Crippen LogP contribution in [0.25, 0.3) is 0 Å². The molecule has 0 aromatic carbocycles. The Bertz CT molecular complexity index is 112. The standard InChI is InChI=1S/C2H3NO3P/c4-7-5-2-1-3-6-7/h1H,2H2/q+1. The molecule has 0 N–H and O–H groups in total. The second kappa shape index (κ2) is 2.00. The number of oxime groups is 1. The van der Waals surface area contributed by atoms with Crippen LogP contribution in [0.2, 0.25) is 0 Å². The maximum Gasteiger partial charge on any atom is 0.773 e. The predicted molar refractivity (Wildman–Crippen MR) is 23.1 cm³/mol. The summed E-state index contributed by atoms with van der Waals surface area (Å²) < 4.78 is 18.6. The van der Waals surface area contributed by atoms with Crippen molar-refractivity contribution in [2.24, 2.45) is 5.16 Å². The number of hydrogen-bond donors (Lipinski definition) is 0. The Morgan fingerprint density at radius 3 is 3.00 bits per heavy atom. The first-order chi connectivity index (χ1) is 3.39. The largest absolute Gasteiger partial charge is 0.773 e. The number of hydrogen-bond acceptors (Lipinski definition) is 4. The normalized spacial score (nSPS) is 24.3. The monoisotopic (exact) mass is 120 g/mol. The second-order valence-corrected chi connectivity index (χ2v) is 1.76. The van der Waals surface area contributed by atoms with Crippen LogP contribution >= 0.6 is 8.25 Å². The molecule has 1 unspecified atom stereocenters. The molecule has 0 aromatic heterocycles. The van der Waals surface area contributed by atoms with Crippen molar-refractivity contribution in [1.29, 1.82) is 0 Å². The molecule has 0 aliphatic carbocycles. The van der Waals surface area contributed by atoms with Gasteiger partial charge in [0.25, 0.3) is 0 Å². The van der Waals surface area contributed by atoms with Crippen LogP contribution in [-0.4, -0.2) is 12.8 Å². The molecular weight excluding hydrogens is 117 g/mol. The summed E-state index contributed by atoms with van der Waals surface area (Å²) in [5.74, 6) is 0. The molecule has 4 nitrogen and oxygen atoms in total. The highest BCUT2D eigenvalue weighted by Crippen LogP contribution is 2.24. The first-order valence-corrected chi connectivity index (χ1v) is 2.78. The van der Waals surface area contributed by atoms with Gasteiger partial charge in [-0.05, 0) is 5.16 Å². The van der Waals surface area contributed by atoms with Gasteiger partial charge in [-0.2, -0.15) is 0 Å². The van der Waals surface area contributed by atoms with Gasteiger partial charge in [-0.25, -0.2) is 0 Å². The van der Waals surface area contributed by atoms with E-state index in [0.717, 1.165) is 0 Å². The summed E-state index contributed by atoms with van der Waals surface area (Å²) >= 11 is 0. The Morgan fingerprint density at radius 2 is 2.71 bits per heavy atom. The third-order valence-electron chi connectivity index (χ3n) is 0.443. The molecule has 0 bridgehead atoms. The summed E-state index contributed by atoms with van der Waals surface area (Å²) in [5, 5.41) is 3.22. The SMILES string of the molecule is O=[P+]1OCC=NO1. The van der Waals surface area contributed by atoms with E-state index in [9.17, 15) is 4.57 Å². The zero-order chi connectivity index (χ0) is 5.11. The van der Waals surface area contributed by atoms with Gasteiger partial charge in [-0.1, -0.05) is 0 Å². The molecule has 0 saturated heterocycles. The number of rotatable bonds is 0. The minimum atomic E-state index is -1.94. The molecule has 5 heteroatoms. The van der Waals surface area contributed by atoms with Crippen LogP contribution < -0.4 is 0 Å². The van der Waals surface area contributed by atoms with E-state index in [0.29, 0.717) is 0 Å². The molecule has 1 aliphatic rings. The lowest BCUT2D eigenvalue weighted by Gasteiger charge is -1.84. The van der Waals surface area contributed by atoms with E-state index in [4.69, 9.17) is 0 Å². The van der Waals surface area contributed by atoms with Gasteiger partial charge in [-0.15, -0.1) is 9.15 Å². The Hall–Kier alpha value is -0.470. The summed E-state index contributed by atoms with van der Waals surface area (Å²) in [7, 11) is -1.94. The topological polar surface area (TPSA) is 47.9 Å². The summed E-state index contributed by atoms with van der Waals surface area (Å²) in [5.41, 5.74) is 0. The van der Waals surface area contributed by atoms with Gasteiger partial charge < -0.3 is 0 Å². The molecule has 7 heavy (non-hydrogen) atoms. The third-order valence-corrected chi connectivity index (χ3v) is 1.03. The highest BCUT2D eigenvalue weighted by Gasteiger charge is 2.22. The van der Waals surface area contributed by atoms with Gasteiger partial charge in [0.15, 0.2) is 0 Å². The van der Waals surface area contributed by atoms with Crippen molar-refractivity contribution < 1.29 is 13.7 Å². The minimum Gasteiger partial charge on any atom is -0.106 e. The molecule has 0 fully saturated rings. The highest BCUT2D eigenvalue weighted by molar-refractivity contribution is 7.33. The maximum atomic E-state index is 10.1. The van der Waals surface area contributed by atoms with Crippen LogP contribution in [0.4, 0.5) is 0 Å². The van der Waals surface area contributed by atoms with Gasteiger partial charge in [-0.3, -0.25) is 0 Å². The molecule has 0 spiro atoms. The lowest BCUT2D eigenvalue weighted by molar-refractivity contribution is 0.237. The molecule has 0 saturated carbocycles. The molecular formula is C2H3NO3P+. The minimum absolute atomic E-state index is 0.287. The van der Waals surface area contributed by atoms with E-state index < -0.39 is 8.25 Å². The Balaban J connectivity index is 2.47. The van der Waals surface area contributed by atoms with Gasteiger partial charge in [0, 0.05) is 4.57 Å². The van der Waals surface area contributed by atoms with Crippen LogP contribution in [0.3, 0.4) is 0 Å². The van der Waals surface area contributed by atoms with E-state index >= 15 is 0 Å². The predicted octanol–water partition coefficient (Wildman–Crippen LogP) is 0.676. The molecule has 1 rings (SSSR count). The molecule has 38 valence electrons. The maximum absolute atomic E-state index is 10.1. The quantitative estimate of drug-likeness (QED) is 0.441. The fourth-order valence-corrected chi connectivity index (χ4v) is 0.599. The van der Waals surface area contributed by atoms with Crippen molar-refractivity contribution in [2.45, 2.75) is 0 Å². The smallest absolute Gasteiger partial charge is 0.106 e. The Labute approximate surface area is 41.1 Å². The zero-order valence-electron chi connectivity index (χ0n) is 3.40. The fourth-order valence-electron chi connectivity index (χ4n) is 0.220. The number of nitrogens with zero attached hydrogens (tertiary/aromatic N) is 1. The van der Waals surface area contributed by atoms with Crippen molar-refractivity contribution >= 4 is 14.5 Å². The molecule has 0 radical (unpaired) electrons. The average molecular weight is 120 g/mol. The molecule has 1 heterocycles. The van der Waals surface area contributed by atoms with Crippen molar-refractivity contribution in [2.75, 3.05) is 6.61 Å². The molecule has 1 aliphatic heterocycles.